The van der Waals surface area contributed by atoms with Crippen molar-refractivity contribution in [2.24, 2.45) is 0 Å². The zero-order valence-electron chi connectivity index (χ0n) is 10.6. The Morgan fingerprint density at radius 2 is 1.94 bits per heavy atom. The third-order valence-corrected chi connectivity index (χ3v) is 3.25. The summed E-state index contributed by atoms with van der Waals surface area (Å²) in [7, 11) is -2.25. The second-order valence-electron chi connectivity index (χ2n) is 4.55. The van der Waals surface area contributed by atoms with Gasteiger partial charge in [0.25, 0.3) is 0 Å². The summed E-state index contributed by atoms with van der Waals surface area (Å²) in [6, 6.07) is 0. The SMILES string of the molecule is CCCCCC(=O)N(CCO)CP(C)(C)=O. The molecule has 0 unspecified atom stereocenters. The zero-order valence-corrected chi connectivity index (χ0v) is 11.5. The number of rotatable bonds is 8. The van der Waals surface area contributed by atoms with Gasteiger partial charge in [0.1, 0.15) is 7.14 Å². The Morgan fingerprint density at radius 3 is 2.38 bits per heavy atom. The van der Waals surface area contributed by atoms with Gasteiger partial charge in [0, 0.05) is 13.0 Å². The number of unbranched alkanes of at least 4 members (excludes halogenated alkanes) is 2. The molecule has 0 aromatic carbocycles. The maximum atomic E-state index is 11.8. The van der Waals surface area contributed by atoms with E-state index in [9.17, 15) is 9.36 Å². The van der Waals surface area contributed by atoms with Gasteiger partial charge >= 0.3 is 0 Å². The van der Waals surface area contributed by atoms with Crippen molar-refractivity contribution in [2.45, 2.75) is 32.6 Å². The molecule has 0 heterocycles. The quantitative estimate of drug-likeness (QED) is 0.528. The van der Waals surface area contributed by atoms with Crippen LogP contribution in [0.15, 0.2) is 0 Å². The van der Waals surface area contributed by atoms with Gasteiger partial charge in [-0.2, -0.15) is 0 Å². The molecule has 1 amide bonds. The minimum Gasteiger partial charge on any atom is -0.395 e. The Morgan fingerprint density at radius 1 is 1.31 bits per heavy atom. The Hall–Kier alpha value is -0.340. The fourth-order valence-electron chi connectivity index (χ4n) is 1.49. The summed E-state index contributed by atoms with van der Waals surface area (Å²) in [6.07, 6.45) is 3.75. The summed E-state index contributed by atoms with van der Waals surface area (Å²) in [5.74, 6) is 0.00595. The molecule has 16 heavy (non-hydrogen) atoms. The van der Waals surface area contributed by atoms with Crippen LogP contribution in [-0.4, -0.2) is 48.7 Å². The van der Waals surface area contributed by atoms with Crippen molar-refractivity contribution in [1.82, 2.24) is 4.90 Å². The molecule has 5 heteroatoms. The van der Waals surface area contributed by atoms with Crippen LogP contribution in [-0.2, 0) is 9.36 Å². The van der Waals surface area contributed by atoms with Crippen molar-refractivity contribution >= 4 is 13.0 Å². The second kappa shape index (κ2) is 7.86. The first-order valence-electron chi connectivity index (χ1n) is 5.83. The summed E-state index contributed by atoms with van der Waals surface area (Å²) in [5, 5.41) is 8.87. The van der Waals surface area contributed by atoms with Crippen molar-refractivity contribution in [3.63, 3.8) is 0 Å². The molecule has 0 rings (SSSR count). The van der Waals surface area contributed by atoms with Gasteiger partial charge in [-0.05, 0) is 19.8 Å². The zero-order chi connectivity index (χ0) is 12.6. The lowest BCUT2D eigenvalue weighted by Crippen LogP contribution is -2.34. The normalized spacial score (nSPS) is 11.5. The number of carbonyl (C=O) groups is 1. The molecular formula is C11H24NO3P. The lowest BCUT2D eigenvalue weighted by atomic mass is 10.2. The third kappa shape index (κ3) is 7.89. The number of amides is 1. The molecule has 0 aliphatic heterocycles. The van der Waals surface area contributed by atoms with Crippen LogP contribution in [0.5, 0.6) is 0 Å². The van der Waals surface area contributed by atoms with Gasteiger partial charge in [0.2, 0.25) is 5.91 Å². The standard InChI is InChI=1S/C11H24NO3P/c1-4-5-6-7-11(14)12(8-9-13)10-16(2,3)15/h13H,4-10H2,1-3H3. The number of carbonyl (C=O) groups excluding carboxylic acids is 1. The van der Waals surface area contributed by atoms with Gasteiger partial charge < -0.3 is 14.6 Å². The van der Waals surface area contributed by atoms with Crippen LogP contribution in [0.4, 0.5) is 0 Å². The Labute approximate surface area is 98.4 Å². The van der Waals surface area contributed by atoms with Crippen LogP contribution >= 0.6 is 7.14 Å². The summed E-state index contributed by atoms with van der Waals surface area (Å²) < 4.78 is 11.7. The molecule has 0 atom stereocenters. The van der Waals surface area contributed by atoms with Gasteiger partial charge in [0.15, 0.2) is 0 Å². The predicted molar refractivity (Wildman–Crippen MR) is 67.3 cm³/mol. The van der Waals surface area contributed by atoms with E-state index in [1.807, 2.05) is 0 Å². The maximum absolute atomic E-state index is 11.8. The monoisotopic (exact) mass is 249 g/mol. The highest BCUT2D eigenvalue weighted by Crippen LogP contribution is 2.36. The van der Waals surface area contributed by atoms with Gasteiger partial charge in [-0.25, -0.2) is 0 Å². The third-order valence-electron chi connectivity index (χ3n) is 2.23. The van der Waals surface area contributed by atoms with Gasteiger partial charge in [0.05, 0.1) is 12.9 Å². The first-order chi connectivity index (χ1) is 7.40. The first kappa shape index (κ1) is 15.7. The summed E-state index contributed by atoms with van der Waals surface area (Å²) in [5.41, 5.74) is 0. The highest BCUT2D eigenvalue weighted by molar-refractivity contribution is 7.62. The molecule has 0 radical (unpaired) electrons. The maximum Gasteiger partial charge on any atom is 0.223 e. The number of aliphatic hydroxyl groups is 1. The van der Waals surface area contributed by atoms with E-state index in [2.05, 4.69) is 6.92 Å². The smallest absolute Gasteiger partial charge is 0.223 e. The minimum absolute atomic E-state index is 0.00595. The predicted octanol–water partition coefficient (Wildman–Crippen LogP) is 1.97. The second-order valence-corrected chi connectivity index (χ2v) is 7.98. The van der Waals surface area contributed by atoms with Gasteiger partial charge in [-0.3, -0.25) is 4.79 Å². The minimum atomic E-state index is -2.25. The highest BCUT2D eigenvalue weighted by Gasteiger charge is 2.18. The van der Waals surface area contributed by atoms with Crippen molar-refractivity contribution < 1.29 is 14.5 Å². The van der Waals surface area contributed by atoms with Crippen LogP contribution < -0.4 is 0 Å². The molecule has 0 aromatic heterocycles. The molecular weight excluding hydrogens is 225 g/mol. The van der Waals surface area contributed by atoms with Crippen LogP contribution in [0.1, 0.15) is 32.6 Å². The van der Waals surface area contributed by atoms with E-state index < -0.39 is 7.14 Å². The Bertz CT molecular complexity index is 250. The molecule has 0 bridgehead atoms. The molecule has 0 aromatic rings. The molecule has 0 saturated heterocycles. The Balaban J connectivity index is 4.18. The van der Waals surface area contributed by atoms with E-state index in [1.165, 1.54) is 4.90 Å². The average molecular weight is 249 g/mol. The molecule has 0 aliphatic carbocycles. The number of nitrogens with zero attached hydrogens (tertiary/aromatic N) is 1. The first-order valence-corrected chi connectivity index (χ1v) is 8.62. The van der Waals surface area contributed by atoms with E-state index in [1.54, 1.807) is 13.3 Å². The average Bonchev–Trinajstić information content (AvgIpc) is 2.15. The van der Waals surface area contributed by atoms with Crippen LogP contribution in [0.3, 0.4) is 0 Å². The summed E-state index contributed by atoms with van der Waals surface area (Å²) >= 11 is 0. The molecule has 96 valence electrons. The van der Waals surface area contributed by atoms with Crippen molar-refractivity contribution in [1.29, 1.82) is 0 Å². The number of hydrogen-bond donors (Lipinski definition) is 1. The van der Waals surface area contributed by atoms with Crippen LogP contribution in [0, 0.1) is 0 Å². The highest BCUT2D eigenvalue weighted by atomic mass is 31.2. The lowest BCUT2D eigenvalue weighted by Gasteiger charge is -2.23. The number of hydrogen-bond acceptors (Lipinski definition) is 3. The topological polar surface area (TPSA) is 57.6 Å². The van der Waals surface area contributed by atoms with Gasteiger partial charge in [-0.1, -0.05) is 19.8 Å². The van der Waals surface area contributed by atoms with Crippen molar-refractivity contribution in [2.75, 3.05) is 32.8 Å². The van der Waals surface area contributed by atoms with E-state index in [0.29, 0.717) is 6.42 Å². The molecule has 0 fully saturated rings. The van der Waals surface area contributed by atoms with E-state index in [0.717, 1.165) is 19.3 Å². The molecule has 1 N–H and O–H groups in total. The Kier molecular flexibility index (Phi) is 7.69. The molecule has 4 nitrogen and oxygen atoms in total. The fourth-order valence-corrected chi connectivity index (χ4v) is 2.61. The van der Waals surface area contributed by atoms with Gasteiger partial charge in [-0.15, -0.1) is 0 Å². The van der Waals surface area contributed by atoms with E-state index >= 15 is 0 Å². The van der Waals surface area contributed by atoms with E-state index in [4.69, 9.17) is 5.11 Å². The van der Waals surface area contributed by atoms with Crippen LogP contribution in [0.2, 0.25) is 0 Å². The lowest BCUT2D eigenvalue weighted by molar-refractivity contribution is -0.130. The summed E-state index contributed by atoms with van der Waals surface area (Å²) in [6.45, 7) is 5.63. The molecule has 0 saturated carbocycles. The fraction of sp³-hybridized carbons (Fsp3) is 0.909. The summed E-state index contributed by atoms with van der Waals surface area (Å²) in [4.78, 5) is 13.3. The van der Waals surface area contributed by atoms with E-state index in [-0.39, 0.29) is 25.3 Å². The number of aliphatic hydroxyl groups excluding tert-OH is 1. The molecule has 0 aliphatic rings. The largest absolute Gasteiger partial charge is 0.395 e. The van der Waals surface area contributed by atoms with Crippen molar-refractivity contribution in [3.8, 4) is 0 Å². The molecule has 0 spiro atoms. The van der Waals surface area contributed by atoms with Crippen molar-refractivity contribution in [3.05, 3.63) is 0 Å². The van der Waals surface area contributed by atoms with Crippen LogP contribution in [0.25, 0.3) is 0 Å².